The maximum absolute atomic E-state index is 12.9. The quantitative estimate of drug-likeness (QED) is 0.930. The first-order valence-electron chi connectivity index (χ1n) is 8.40. The maximum Gasteiger partial charge on any atom is 0.264 e. The van der Waals surface area contributed by atoms with Crippen LogP contribution in [0.1, 0.15) is 52.2 Å². The molecule has 1 atom stereocenters. The lowest BCUT2D eigenvalue weighted by Gasteiger charge is -2.35. The summed E-state index contributed by atoms with van der Waals surface area (Å²) in [6.45, 7) is 1.86. The molecule has 2 heterocycles. The molecule has 2 aliphatic rings. The lowest BCUT2D eigenvalue weighted by Crippen LogP contribution is -2.48. The second-order valence-corrected chi connectivity index (χ2v) is 7.35. The van der Waals surface area contributed by atoms with Crippen LogP contribution in [0.25, 0.3) is 0 Å². The van der Waals surface area contributed by atoms with Gasteiger partial charge in [0.15, 0.2) is 0 Å². The lowest BCUT2D eigenvalue weighted by molar-refractivity contribution is -0.00805. The number of amides is 1. The van der Waals surface area contributed by atoms with Crippen LogP contribution in [-0.2, 0) is 17.6 Å². The molecule has 1 amide bonds. The van der Waals surface area contributed by atoms with Gasteiger partial charge in [0.05, 0.1) is 24.1 Å². The van der Waals surface area contributed by atoms with E-state index in [-0.39, 0.29) is 18.6 Å². The molecular weight excluding hydrogens is 298 g/mol. The first kappa shape index (κ1) is 16.0. The van der Waals surface area contributed by atoms with Gasteiger partial charge in [0.1, 0.15) is 0 Å². The first-order chi connectivity index (χ1) is 10.8. The molecule has 0 spiro atoms. The highest BCUT2D eigenvalue weighted by Gasteiger charge is 2.29. The van der Waals surface area contributed by atoms with Gasteiger partial charge in [0, 0.05) is 18.0 Å². The number of morpholine rings is 1. The molecule has 1 aromatic heterocycles. The smallest absolute Gasteiger partial charge is 0.264 e. The van der Waals surface area contributed by atoms with Gasteiger partial charge >= 0.3 is 0 Å². The number of ether oxygens (including phenoxy) is 1. The SMILES string of the molecule is O=C(c1cc2c(s1)CCCCCC2)N1CCOCC1CCO. The van der Waals surface area contributed by atoms with Crippen LogP contribution in [0.5, 0.6) is 0 Å². The van der Waals surface area contributed by atoms with Gasteiger partial charge < -0.3 is 14.7 Å². The van der Waals surface area contributed by atoms with Gasteiger partial charge in [-0.1, -0.05) is 12.8 Å². The zero-order valence-electron chi connectivity index (χ0n) is 13.1. The van der Waals surface area contributed by atoms with Crippen molar-refractivity contribution < 1.29 is 14.6 Å². The van der Waals surface area contributed by atoms with Crippen LogP contribution in [0.3, 0.4) is 0 Å². The molecule has 5 heteroatoms. The molecule has 1 aliphatic carbocycles. The second kappa shape index (κ2) is 7.57. The predicted octanol–water partition coefficient (Wildman–Crippen LogP) is 2.63. The fourth-order valence-electron chi connectivity index (χ4n) is 3.40. The average Bonchev–Trinajstić information content (AvgIpc) is 2.90. The Morgan fingerprint density at radius 3 is 2.95 bits per heavy atom. The molecule has 4 nitrogen and oxygen atoms in total. The van der Waals surface area contributed by atoms with Crippen LogP contribution in [0.4, 0.5) is 0 Å². The number of hydrogen-bond donors (Lipinski definition) is 1. The van der Waals surface area contributed by atoms with Crippen LogP contribution in [0.15, 0.2) is 6.07 Å². The Morgan fingerprint density at radius 2 is 2.14 bits per heavy atom. The summed E-state index contributed by atoms with van der Waals surface area (Å²) in [5, 5.41) is 9.19. The molecule has 1 fully saturated rings. The Balaban J connectivity index is 1.77. The molecule has 1 aliphatic heterocycles. The molecule has 22 heavy (non-hydrogen) atoms. The van der Waals surface area contributed by atoms with Crippen molar-refractivity contribution in [1.82, 2.24) is 4.90 Å². The van der Waals surface area contributed by atoms with Gasteiger partial charge in [-0.15, -0.1) is 11.3 Å². The summed E-state index contributed by atoms with van der Waals surface area (Å²) in [6, 6.07) is 2.13. The van der Waals surface area contributed by atoms with Gasteiger partial charge in [0.2, 0.25) is 0 Å². The summed E-state index contributed by atoms with van der Waals surface area (Å²) in [6.07, 6.45) is 7.92. The highest BCUT2D eigenvalue weighted by atomic mass is 32.1. The van der Waals surface area contributed by atoms with Crippen molar-refractivity contribution >= 4 is 17.2 Å². The molecule has 1 unspecified atom stereocenters. The number of aryl methyl sites for hydroxylation is 2. The molecule has 0 radical (unpaired) electrons. The highest BCUT2D eigenvalue weighted by Crippen LogP contribution is 2.30. The number of thiophene rings is 1. The Kier molecular flexibility index (Phi) is 5.50. The van der Waals surface area contributed by atoms with E-state index in [4.69, 9.17) is 4.74 Å². The van der Waals surface area contributed by atoms with Crippen molar-refractivity contribution in [3.05, 3.63) is 21.4 Å². The average molecular weight is 323 g/mol. The van der Waals surface area contributed by atoms with Crippen molar-refractivity contribution in [2.75, 3.05) is 26.4 Å². The molecular formula is C17H25NO3S. The first-order valence-corrected chi connectivity index (χ1v) is 9.22. The standard InChI is InChI=1S/C17H25NO3S/c19-9-7-14-12-21-10-8-18(14)17(20)16-11-13-5-3-1-2-4-6-15(13)22-16/h11,14,19H,1-10,12H2. The van der Waals surface area contributed by atoms with Crippen LogP contribution < -0.4 is 0 Å². The lowest BCUT2D eigenvalue weighted by atomic mass is 9.99. The van der Waals surface area contributed by atoms with Crippen LogP contribution >= 0.6 is 11.3 Å². The van der Waals surface area contributed by atoms with E-state index in [0.717, 1.165) is 17.7 Å². The minimum Gasteiger partial charge on any atom is -0.396 e. The Bertz CT molecular complexity index is 487. The minimum atomic E-state index is 0.0101. The Hall–Kier alpha value is -0.910. The molecule has 1 saturated heterocycles. The molecule has 0 saturated carbocycles. The van der Waals surface area contributed by atoms with Crippen LogP contribution in [0, 0.1) is 0 Å². The molecule has 3 rings (SSSR count). The highest BCUT2D eigenvalue weighted by molar-refractivity contribution is 7.14. The molecule has 122 valence electrons. The minimum absolute atomic E-state index is 0.0101. The normalized spacial score (nSPS) is 22.8. The van der Waals surface area contributed by atoms with Gasteiger partial charge in [-0.3, -0.25) is 4.79 Å². The van der Waals surface area contributed by atoms with E-state index >= 15 is 0 Å². The molecule has 1 N–H and O–H groups in total. The van der Waals surface area contributed by atoms with Gasteiger partial charge in [-0.25, -0.2) is 0 Å². The van der Waals surface area contributed by atoms with Crippen LogP contribution in [0.2, 0.25) is 0 Å². The number of carbonyl (C=O) groups is 1. The van der Waals surface area contributed by atoms with E-state index in [9.17, 15) is 9.90 Å². The summed E-state index contributed by atoms with van der Waals surface area (Å²) in [5.41, 5.74) is 1.39. The van der Waals surface area contributed by atoms with E-state index in [0.29, 0.717) is 26.2 Å². The molecule has 1 aromatic rings. The van der Waals surface area contributed by atoms with E-state index in [2.05, 4.69) is 6.07 Å². The Labute approximate surface area is 136 Å². The predicted molar refractivity (Wildman–Crippen MR) is 87.5 cm³/mol. The third-order valence-electron chi connectivity index (χ3n) is 4.66. The van der Waals surface area contributed by atoms with Crippen molar-refractivity contribution in [1.29, 1.82) is 0 Å². The third kappa shape index (κ3) is 3.53. The van der Waals surface area contributed by atoms with Gasteiger partial charge in [-0.2, -0.15) is 0 Å². The van der Waals surface area contributed by atoms with E-state index in [1.165, 1.54) is 36.1 Å². The number of rotatable bonds is 3. The number of nitrogens with zero attached hydrogens (tertiary/aromatic N) is 1. The van der Waals surface area contributed by atoms with E-state index in [1.54, 1.807) is 11.3 Å². The summed E-state index contributed by atoms with van der Waals surface area (Å²) in [7, 11) is 0. The van der Waals surface area contributed by atoms with Crippen molar-refractivity contribution in [2.24, 2.45) is 0 Å². The van der Waals surface area contributed by atoms with E-state index in [1.807, 2.05) is 4.90 Å². The topological polar surface area (TPSA) is 49.8 Å². The summed E-state index contributed by atoms with van der Waals surface area (Å²) in [4.78, 5) is 17.1. The fourth-order valence-corrected chi connectivity index (χ4v) is 4.61. The van der Waals surface area contributed by atoms with E-state index < -0.39 is 0 Å². The van der Waals surface area contributed by atoms with Crippen molar-refractivity contribution in [3.8, 4) is 0 Å². The summed E-state index contributed by atoms with van der Waals surface area (Å²) >= 11 is 1.69. The Morgan fingerprint density at radius 1 is 1.32 bits per heavy atom. The zero-order valence-corrected chi connectivity index (χ0v) is 13.9. The monoisotopic (exact) mass is 323 g/mol. The summed E-state index contributed by atoms with van der Waals surface area (Å²) in [5.74, 6) is 0.124. The number of fused-ring (bicyclic) bond motifs is 1. The summed E-state index contributed by atoms with van der Waals surface area (Å²) < 4.78 is 5.46. The van der Waals surface area contributed by atoms with Crippen molar-refractivity contribution in [2.45, 2.75) is 51.0 Å². The third-order valence-corrected chi connectivity index (χ3v) is 5.88. The van der Waals surface area contributed by atoms with Gasteiger partial charge in [-0.05, 0) is 43.7 Å². The maximum atomic E-state index is 12.9. The second-order valence-electron chi connectivity index (χ2n) is 6.21. The zero-order chi connectivity index (χ0) is 15.4. The fraction of sp³-hybridized carbons (Fsp3) is 0.706. The van der Waals surface area contributed by atoms with Gasteiger partial charge in [0.25, 0.3) is 5.91 Å². The number of carbonyl (C=O) groups excluding carboxylic acids is 1. The molecule has 0 aromatic carbocycles. The molecule has 0 bridgehead atoms. The largest absolute Gasteiger partial charge is 0.396 e. The van der Waals surface area contributed by atoms with Crippen LogP contribution in [-0.4, -0.2) is 48.3 Å². The number of aliphatic hydroxyl groups is 1. The number of hydrogen-bond acceptors (Lipinski definition) is 4. The van der Waals surface area contributed by atoms with Crippen molar-refractivity contribution in [3.63, 3.8) is 0 Å². The number of aliphatic hydroxyl groups excluding tert-OH is 1.